The van der Waals surface area contributed by atoms with Crippen molar-refractivity contribution < 1.29 is 9.90 Å². The maximum atomic E-state index is 10.4. The summed E-state index contributed by atoms with van der Waals surface area (Å²) in [6, 6.07) is 7.97. The van der Waals surface area contributed by atoms with Crippen LogP contribution in [0.25, 0.3) is 0 Å². The van der Waals surface area contributed by atoms with E-state index in [1.165, 1.54) is 11.1 Å². The third-order valence-electron chi connectivity index (χ3n) is 3.37. The van der Waals surface area contributed by atoms with Crippen LogP contribution < -0.4 is 10.6 Å². The van der Waals surface area contributed by atoms with Gasteiger partial charge in [-0.25, -0.2) is 0 Å². The normalized spacial score (nSPS) is 22.4. The minimum Gasteiger partial charge on any atom is -0.389 e. The minimum atomic E-state index is -0.575. The summed E-state index contributed by atoms with van der Waals surface area (Å²) in [6.07, 6.45) is 0.848. The van der Waals surface area contributed by atoms with Gasteiger partial charge in [0.25, 0.3) is 0 Å². The van der Waals surface area contributed by atoms with Crippen molar-refractivity contribution in [2.75, 3.05) is 0 Å². The van der Waals surface area contributed by atoms with E-state index in [1.54, 1.807) is 6.92 Å². The first-order valence-corrected chi connectivity index (χ1v) is 5.90. The summed E-state index contributed by atoms with van der Waals surface area (Å²) >= 11 is 0. The Bertz CT molecular complexity index is 395. The molecule has 1 aromatic carbocycles. The molecule has 1 heterocycles. The van der Waals surface area contributed by atoms with Crippen molar-refractivity contribution in [1.29, 1.82) is 0 Å². The predicted molar refractivity (Wildman–Crippen MR) is 65.4 cm³/mol. The molecule has 1 aliphatic rings. The third kappa shape index (κ3) is 2.65. The number of carbonyl (C=O) groups is 1. The Hall–Kier alpha value is -1.39. The molecule has 0 aromatic heterocycles. The van der Waals surface area contributed by atoms with Crippen molar-refractivity contribution in [2.24, 2.45) is 0 Å². The summed E-state index contributed by atoms with van der Waals surface area (Å²) in [5.41, 5.74) is 2.56. The smallest absolute Gasteiger partial charge is 0.207 e. The van der Waals surface area contributed by atoms with Gasteiger partial charge in [0.15, 0.2) is 0 Å². The van der Waals surface area contributed by atoms with Gasteiger partial charge in [-0.3, -0.25) is 4.79 Å². The first-order valence-electron chi connectivity index (χ1n) is 5.90. The van der Waals surface area contributed by atoms with Gasteiger partial charge in [0.2, 0.25) is 6.41 Å². The van der Waals surface area contributed by atoms with Gasteiger partial charge in [0.1, 0.15) is 0 Å². The second-order valence-corrected chi connectivity index (χ2v) is 4.52. The Kier molecular flexibility index (Phi) is 3.76. The Morgan fingerprint density at radius 2 is 2.18 bits per heavy atom. The van der Waals surface area contributed by atoms with E-state index in [2.05, 4.69) is 22.8 Å². The molecular formula is C13H18N2O2. The number of aliphatic hydroxyl groups is 1. The molecule has 4 heteroatoms. The molecule has 3 atom stereocenters. The summed E-state index contributed by atoms with van der Waals surface area (Å²) in [6.45, 7) is 2.58. The molecule has 0 saturated carbocycles. The molecular weight excluding hydrogens is 216 g/mol. The summed E-state index contributed by atoms with van der Waals surface area (Å²) in [4.78, 5) is 10.4. The molecule has 0 saturated heterocycles. The zero-order valence-electron chi connectivity index (χ0n) is 9.89. The summed E-state index contributed by atoms with van der Waals surface area (Å²) in [5, 5.41) is 16.0. The van der Waals surface area contributed by atoms with Gasteiger partial charge in [0.05, 0.1) is 12.1 Å². The van der Waals surface area contributed by atoms with Crippen LogP contribution in [0, 0.1) is 0 Å². The van der Waals surface area contributed by atoms with E-state index in [0.717, 1.165) is 13.0 Å². The molecule has 0 fully saturated rings. The van der Waals surface area contributed by atoms with Crippen molar-refractivity contribution in [1.82, 2.24) is 10.6 Å². The lowest BCUT2D eigenvalue weighted by Gasteiger charge is -2.32. The number of aliphatic hydroxyl groups excluding tert-OH is 1. The Balaban J connectivity index is 2.04. The molecule has 3 N–H and O–H groups in total. The average molecular weight is 234 g/mol. The van der Waals surface area contributed by atoms with Crippen molar-refractivity contribution >= 4 is 6.41 Å². The van der Waals surface area contributed by atoms with Crippen LogP contribution >= 0.6 is 0 Å². The highest BCUT2D eigenvalue weighted by molar-refractivity contribution is 5.46. The van der Waals surface area contributed by atoms with Gasteiger partial charge < -0.3 is 15.7 Å². The van der Waals surface area contributed by atoms with Gasteiger partial charge in [0, 0.05) is 12.6 Å². The molecule has 1 aliphatic heterocycles. The molecule has 3 unspecified atom stereocenters. The van der Waals surface area contributed by atoms with Gasteiger partial charge in [-0.2, -0.15) is 0 Å². The number of carbonyl (C=O) groups excluding carboxylic acids is 1. The van der Waals surface area contributed by atoms with Crippen molar-refractivity contribution in [3.8, 4) is 0 Å². The molecule has 92 valence electrons. The number of benzene rings is 1. The Labute approximate surface area is 101 Å². The molecule has 2 rings (SSSR count). The quantitative estimate of drug-likeness (QED) is 0.652. The summed E-state index contributed by atoms with van der Waals surface area (Å²) in [7, 11) is 0. The first kappa shape index (κ1) is 12.1. The monoisotopic (exact) mass is 234 g/mol. The SMILES string of the molecule is CC(NC=O)C(O)C1Cc2ccccc2CN1. The van der Waals surface area contributed by atoms with E-state index >= 15 is 0 Å². The molecule has 1 aromatic rings. The lowest BCUT2D eigenvalue weighted by molar-refractivity contribution is -0.110. The zero-order chi connectivity index (χ0) is 12.3. The van der Waals surface area contributed by atoms with Gasteiger partial charge in [-0.15, -0.1) is 0 Å². The average Bonchev–Trinajstić information content (AvgIpc) is 2.37. The molecule has 17 heavy (non-hydrogen) atoms. The van der Waals surface area contributed by atoms with Crippen LogP contribution in [-0.2, 0) is 17.8 Å². The highest BCUT2D eigenvalue weighted by Gasteiger charge is 2.27. The number of fused-ring (bicyclic) bond motifs is 1. The number of rotatable bonds is 4. The largest absolute Gasteiger partial charge is 0.389 e. The molecule has 4 nitrogen and oxygen atoms in total. The fraction of sp³-hybridized carbons (Fsp3) is 0.462. The number of nitrogens with one attached hydrogen (secondary N) is 2. The maximum absolute atomic E-state index is 10.4. The van der Waals surface area contributed by atoms with E-state index in [9.17, 15) is 9.90 Å². The zero-order valence-corrected chi connectivity index (χ0v) is 9.89. The van der Waals surface area contributed by atoms with Gasteiger partial charge >= 0.3 is 0 Å². The lowest BCUT2D eigenvalue weighted by Crippen LogP contribution is -2.52. The van der Waals surface area contributed by atoms with Crippen LogP contribution in [0.3, 0.4) is 0 Å². The summed E-state index contributed by atoms with van der Waals surface area (Å²) < 4.78 is 0. The van der Waals surface area contributed by atoms with Crippen LogP contribution in [0.2, 0.25) is 0 Å². The van der Waals surface area contributed by atoms with Crippen LogP contribution in [0.1, 0.15) is 18.1 Å². The van der Waals surface area contributed by atoms with E-state index < -0.39 is 6.10 Å². The van der Waals surface area contributed by atoms with Crippen LogP contribution in [0.15, 0.2) is 24.3 Å². The molecule has 0 bridgehead atoms. The number of hydrogen-bond acceptors (Lipinski definition) is 3. The Morgan fingerprint density at radius 1 is 1.47 bits per heavy atom. The summed E-state index contributed by atoms with van der Waals surface area (Å²) in [5.74, 6) is 0. The molecule has 0 spiro atoms. The topological polar surface area (TPSA) is 61.4 Å². The Morgan fingerprint density at radius 3 is 2.88 bits per heavy atom. The third-order valence-corrected chi connectivity index (χ3v) is 3.37. The minimum absolute atomic E-state index is 0.00708. The van der Waals surface area contributed by atoms with E-state index in [-0.39, 0.29) is 12.1 Å². The van der Waals surface area contributed by atoms with Crippen LogP contribution in [-0.4, -0.2) is 29.7 Å². The fourth-order valence-electron chi connectivity index (χ4n) is 2.28. The molecule has 0 radical (unpaired) electrons. The predicted octanol–water partition coefficient (Wildman–Crippen LogP) is 0.196. The number of amides is 1. The van der Waals surface area contributed by atoms with E-state index in [1.807, 2.05) is 12.1 Å². The van der Waals surface area contributed by atoms with Gasteiger partial charge in [-0.05, 0) is 24.5 Å². The van der Waals surface area contributed by atoms with Gasteiger partial charge in [-0.1, -0.05) is 24.3 Å². The standard InChI is InChI=1S/C13H18N2O2/c1-9(15-8-16)13(17)12-6-10-4-2-3-5-11(10)7-14-12/h2-5,8-9,12-14,17H,6-7H2,1H3,(H,15,16). The number of hydrogen-bond donors (Lipinski definition) is 3. The van der Waals surface area contributed by atoms with Crippen molar-refractivity contribution in [2.45, 2.75) is 38.1 Å². The lowest BCUT2D eigenvalue weighted by atomic mass is 9.91. The molecule has 1 amide bonds. The van der Waals surface area contributed by atoms with Crippen LogP contribution in [0.4, 0.5) is 0 Å². The van der Waals surface area contributed by atoms with E-state index in [0.29, 0.717) is 6.41 Å². The van der Waals surface area contributed by atoms with Crippen molar-refractivity contribution in [3.63, 3.8) is 0 Å². The fourth-order valence-corrected chi connectivity index (χ4v) is 2.28. The highest BCUT2D eigenvalue weighted by atomic mass is 16.3. The second-order valence-electron chi connectivity index (χ2n) is 4.52. The van der Waals surface area contributed by atoms with E-state index in [4.69, 9.17) is 0 Å². The maximum Gasteiger partial charge on any atom is 0.207 e. The molecule has 0 aliphatic carbocycles. The van der Waals surface area contributed by atoms with Crippen LogP contribution in [0.5, 0.6) is 0 Å². The highest BCUT2D eigenvalue weighted by Crippen LogP contribution is 2.18. The van der Waals surface area contributed by atoms with Crippen molar-refractivity contribution in [3.05, 3.63) is 35.4 Å². The first-order chi connectivity index (χ1) is 8.22. The second kappa shape index (κ2) is 5.29.